The summed E-state index contributed by atoms with van der Waals surface area (Å²) < 4.78 is 0. The van der Waals surface area contributed by atoms with E-state index in [0.29, 0.717) is 5.69 Å². The third-order valence-electron chi connectivity index (χ3n) is 3.32. The van der Waals surface area contributed by atoms with Gasteiger partial charge in [-0.15, -0.1) is 0 Å². The molecule has 0 bridgehead atoms. The first-order valence-electron chi connectivity index (χ1n) is 7.87. The minimum Gasteiger partial charge on any atom is -0.479 e. The number of aliphatic hydroxyl groups is 2. The summed E-state index contributed by atoms with van der Waals surface area (Å²) in [4.78, 5) is 10.8. The van der Waals surface area contributed by atoms with Gasteiger partial charge in [0.1, 0.15) is 0 Å². The summed E-state index contributed by atoms with van der Waals surface area (Å²) in [6.07, 6.45) is -2.28. The van der Waals surface area contributed by atoms with Crippen LogP contribution in [0.2, 0.25) is 0 Å². The van der Waals surface area contributed by atoms with Gasteiger partial charge in [0.25, 0.3) is 0 Å². The standard InChI is InChI=1S/C18H20N4O4/c23-16(17(24)18(25)26)11-15(22-21-14-9-5-2-6-10-14)12-19-20-13-7-3-1-4-8-13/h1-10,12,16-17,20-21,23-24H,11H2,(H,25,26). The topological polar surface area (TPSA) is 127 Å². The van der Waals surface area contributed by atoms with Crippen molar-refractivity contribution in [3.63, 3.8) is 0 Å². The first-order chi connectivity index (χ1) is 12.6. The molecule has 2 unspecified atom stereocenters. The maximum absolute atomic E-state index is 10.8. The fourth-order valence-corrected chi connectivity index (χ4v) is 1.96. The fourth-order valence-electron chi connectivity index (χ4n) is 1.96. The normalized spacial score (nSPS) is 14.0. The predicted molar refractivity (Wildman–Crippen MR) is 100 cm³/mol. The molecule has 0 saturated heterocycles. The van der Waals surface area contributed by atoms with E-state index in [2.05, 4.69) is 21.1 Å². The van der Waals surface area contributed by atoms with Crippen molar-refractivity contribution in [2.24, 2.45) is 10.2 Å². The fraction of sp³-hybridized carbons (Fsp3) is 0.167. The van der Waals surface area contributed by atoms with Crippen molar-refractivity contribution in [2.45, 2.75) is 18.6 Å². The molecule has 26 heavy (non-hydrogen) atoms. The largest absolute Gasteiger partial charge is 0.479 e. The van der Waals surface area contributed by atoms with Crippen molar-refractivity contribution in [1.82, 2.24) is 0 Å². The Morgan fingerprint density at radius 2 is 1.50 bits per heavy atom. The number of carboxylic acid groups (broad SMARTS) is 1. The third kappa shape index (κ3) is 6.34. The van der Waals surface area contributed by atoms with Gasteiger partial charge in [-0.2, -0.15) is 10.2 Å². The molecule has 0 heterocycles. The van der Waals surface area contributed by atoms with Crippen LogP contribution in [0.1, 0.15) is 6.42 Å². The van der Waals surface area contributed by atoms with E-state index >= 15 is 0 Å². The maximum atomic E-state index is 10.8. The highest BCUT2D eigenvalue weighted by Crippen LogP contribution is 2.07. The maximum Gasteiger partial charge on any atom is 0.335 e. The van der Waals surface area contributed by atoms with Crippen molar-refractivity contribution in [3.8, 4) is 0 Å². The number of nitrogens with one attached hydrogen (secondary N) is 2. The van der Waals surface area contributed by atoms with Gasteiger partial charge >= 0.3 is 5.97 Å². The second-order valence-corrected chi connectivity index (χ2v) is 5.37. The van der Waals surface area contributed by atoms with Crippen LogP contribution in [-0.2, 0) is 4.79 Å². The molecule has 0 spiro atoms. The number of para-hydroxylation sites is 2. The average Bonchev–Trinajstić information content (AvgIpc) is 2.66. The molecule has 0 aliphatic heterocycles. The van der Waals surface area contributed by atoms with Crippen LogP contribution in [0.3, 0.4) is 0 Å². The molecule has 2 aromatic rings. The summed E-state index contributed by atoms with van der Waals surface area (Å²) in [5, 5.41) is 36.2. The van der Waals surface area contributed by atoms with Crippen LogP contribution in [0, 0.1) is 0 Å². The lowest BCUT2D eigenvalue weighted by atomic mass is 10.1. The lowest BCUT2D eigenvalue weighted by molar-refractivity contribution is -0.152. The van der Waals surface area contributed by atoms with Gasteiger partial charge in [-0.05, 0) is 24.3 Å². The Bertz CT molecular complexity index is 750. The molecular weight excluding hydrogens is 336 g/mol. The SMILES string of the molecule is O=C(O)C(O)C(O)CC(C=NNc1ccccc1)=NNc1ccccc1. The van der Waals surface area contributed by atoms with Crippen LogP contribution in [-0.4, -0.2) is 45.4 Å². The zero-order chi connectivity index (χ0) is 18.8. The molecule has 0 aliphatic rings. The van der Waals surface area contributed by atoms with E-state index in [9.17, 15) is 15.0 Å². The number of hydrazone groups is 2. The number of nitrogens with zero attached hydrogens (tertiary/aromatic N) is 2. The summed E-state index contributed by atoms with van der Waals surface area (Å²) in [5.74, 6) is -1.51. The quantitative estimate of drug-likeness (QED) is 0.344. The Balaban J connectivity index is 2.08. The molecule has 8 heteroatoms. The van der Waals surface area contributed by atoms with E-state index in [-0.39, 0.29) is 12.1 Å². The van der Waals surface area contributed by atoms with E-state index < -0.39 is 18.2 Å². The number of benzene rings is 2. The second kappa shape index (κ2) is 9.92. The minimum absolute atomic E-state index is 0.201. The van der Waals surface area contributed by atoms with Crippen LogP contribution < -0.4 is 10.9 Å². The molecule has 0 aromatic heterocycles. The number of anilines is 2. The van der Waals surface area contributed by atoms with Crippen molar-refractivity contribution < 1.29 is 20.1 Å². The van der Waals surface area contributed by atoms with Crippen LogP contribution in [0.15, 0.2) is 70.9 Å². The molecule has 0 aliphatic carbocycles. The number of hydrogen-bond donors (Lipinski definition) is 5. The van der Waals surface area contributed by atoms with Gasteiger partial charge in [0, 0.05) is 6.42 Å². The molecular formula is C18H20N4O4. The zero-order valence-corrected chi connectivity index (χ0v) is 13.9. The highest BCUT2D eigenvalue weighted by atomic mass is 16.4. The third-order valence-corrected chi connectivity index (χ3v) is 3.32. The molecule has 2 atom stereocenters. The van der Waals surface area contributed by atoms with Crippen molar-refractivity contribution in [1.29, 1.82) is 0 Å². The first kappa shape index (κ1) is 19.1. The van der Waals surface area contributed by atoms with Gasteiger partial charge in [-0.3, -0.25) is 10.9 Å². The lowest BCUT2D eigenvalue weighted by Gasteiger charge is -2.13. The highest BCUT2D eigenvalue weighted by Gasteiger charge is 2.24. The lowest BCUT2D eigenvalue weighted by Crippen LogP contribution is -2.35. The van der Waals surface area contributed by atoms with E-state index in [1.54, 1.807) is 12.1 Å². The average molecular weight is 356 g/mol. The van der Waals surface area contributed by atoms with Crippen LogP contribution in [0.4, 0.5) is 11.4 Å². The van der Waals surface area contributed by atoms with Crippen LogP contribution in [0.5, 0.6) is 0 Å². The summed E-state index contributed by atoms with van der Waals surface area (Å²) in [5.41, 5.74) is 7.31. The Kier molecular flexibility index (Phi) is 7.29. The molecule has 0 amide bonds. The number of hydrogen-bond acceptors (Lipinski definition) is 7. The summed E-state index contributed by atoms with van der Waals surface area (Å²) in [6.45, 7) is 0. The molecule has 0 radical (unpaired) electrons. The Morgan fingerprint density at radius 3 is 2.04 bits per heavy atom. The monoisotopic (exact) mass is 356 g/mol. The Morgan fingerprint density at radius 1 is 0.962 bits per heavy atom. The van der Waals surface area contributed by atoms with E-state index in [1.807, 2.05) is 48.5 Å². The predicted octanol–water partition coefficient (Wildman–Crippen LogP) is 1.75. The van der Waals surface area contributed by atoms with E-state index in [1.165, 1.54) is 6.21 Å². The molecule has 8 nitrogen and oxygen atoms in total. The molecule has 0 saturated carbocycles. The zero-order valence-electron chi connectivity index (χ0n) is 13.9. The number of rotatable bonds is 9. The van der Waals surface area contributed by atoms with Gasteiger partial charge in [-0.25, -0.2) is 4.79 Å². The number of aliphatic carboxylic acids is 1. The minimum atomic E-state index is -1.91. The van der Waals surface area contributed by atoms with Gasteiger partial charge in [0.05, 0.1) is 29.4 Å². The first-order valence-corrected chi connectivity index (χ1v) is 7.87. The van der Waals surface area contributed by atoms with Gasteiger partial charge in [0.2, 0.25) is 0 Å². The Labute approximate surface area is 150 Å². The summed E-state index contributed by atoms with van der Waals surface area (Å²) in [6, 6.07) is 18.3. The molecule has 136 valence electrons. The smallest absolute Gasteiger partial charge is 0.335 e. The molecule has 0 fully saturated rings. The van der Waals surface area contributed by atoms with E-state index in [4.69, 9.17) is 5.11 Å². The molecule has 2 aromatic carbocycles. The Hall–Kier alpha value is -3.23. The summed E-state index contributed by atoms with van der Waals surface area (Å²) >= 11 is 0. The van der Waals surface area contributed by atoms with Gasteiger partial charge in [-0.1, -0.05) is 36.4 Å². The van der Waals surface area contributed by atoms with Crippen LogP contribution >= 0.6 is 0 Å². The number of carboxylic acids is 1. The van der Waals surface area contributed by atoms with E-state index in [0.717, 1.165) is 5.69 Å². The van der Waals surface area contributed by atoms with Gasteiger partial charge in [0.15, 0.2) is 6.10 Å². The van der Waals surface area contributed by atoms with Gasteiger partial charge < -0.3 is 15.3 Å². The summed E-state index contributed by atoms with van der Waals surface area (Å²) in [7, 11) is 0. The highest BCUT2D eigenvalue weighted by molar-refractivity contribution is 6.31. The van der Waals surface area contributed by atoms with Crippen molar-refractivity contribution in [3.05, 3.63) is 60.7 Å². The van der Waals surface area contributed by atoms with Crippen molar-refractivity contribution >= 4 is 29.3 Å². The molecule has 5 N–H and O–H groups in total. The number of carbonyl (C=O) groups is 1. The number of aliphatic hydroxyl groups excluding tert-OH is 2. The molecule has 2 rings (SSSR count). The van der Waals surface area contributed by atoms with Crippen molar-refractivity contribution in [2.75, 3.05) is 10.9 Å². The second-order valence-electron chi connectivity index (χ2n) is 5.37. The van der Waals surface area contributed by atoms with Crippen LogP contribution in [0.25, 0.3) is 0 Å².